The van der Waals surface area contributed by atoms with Crippen LogP contribution >= 0.6 is 0 Å². The molecule has 144 valence electrons. The van der Waals surface area contributed by atoms with E-state index in [9.17, 15) is 9.59 Å². The number of aromatic nitrogens is 2. The maximum absolute atomic E-state index is 12.2. The molecule has 1 heterocycles. The molecule has 6 heteroatoms. The number of hydrogen-bond acceptors (Lipinski definition) is 3. The molecule has 2 N–H and O–H groups in total. The van der Waals surface area contributed by atoms with Crippen molar-refractivity contribution in [2.45, 2.75) is 32.5 Å². The summed E-state index contributed by atoms with van der Waals surface area (Å²) in [6.07, 6.45) is 5.70. The Hall–Kier alpha value is -3.41. The Morgan fingerprint density at radius 3 is 2.43 bits per heavy atom. The highest BCUT2D eigenvalue weighted by molar-refractivity contribution is 5.94. The van der Waals surface area contributed by atoms with Gasteiger partial charge < -0.3 is 15.2 Å². The Labute approximate surface area is 164 Å². The average Bonchev–Trinajstić information content (AvgIpc) is 3.21. The molecule has 0 aliphatic carbocycles. The fourth-order valence-corrected chi connectivity index (χ4v) is 2.85. The van der Waals surface area contributed by atoms with Gasteiger partial charge in [0, 0.05) is 43.5 Å². The summed E-state index contributed by atoms with van der Waals surface area (Å²) in [5, 5.41) is 5.75. The lowest BCUT2D eigenvalue weighted by Crippen LogP contribution is -2.37. The Kier molecular flexibility index (Phi) is 6.57. The molecule has 0 fully saturated rings. The van der Waals surface area contributed by atoms with Crippen molar-refractivity contribution in [1.82, 2.24) is 20.2 Å². The van der Waals surface area contributed by atoms with Crippen molar-refractivity contribution in [2.24, 2.45) is 0 Å². The summed E-state index contributed by atoms with van der Waals surface area (Å²) in [6, 6.07) is 16.8. The lowest BCUT2D eigenvalue weighted by atomic mass is 10.1. The number of imidazole rings is 1. The molecule has 6 nitrogen and oxygen atoms in total. The normalized spacial score (nSPS) is 11.6. The molecule has 2 amide bonds. The van der Waals surface area contributed by atoms with Crippen LogP contribution in [0.3, 0.4) is 0 Å². The first kappa shape index (κ1) is 19.4. The summed E-state index contributed by atoms with van der Waals surface area (Å²) in [5.74, 6) is -0.266. The van der Waals surface area contributed by atoms with Gasteiger partial charge in [-0.2, -0.15) is 0 Å². The maximum atomic E-state index is 12.2. The fraction of sp³-hybridized carbons (Fsp3) is 0.227. The van der Waals surface area contributed by atoms with E-state index in [1.807, 2.05) is 60.2 Å². The summed E-state index contributed by atoms with van der Waals surface area (Å²) in [4.78, 5) is 28.3. The molecule has 0 aliphatic rings. The Morgan fingerprint density at radius 1 is 1.04 bits per heavy atom. The number of rotatable bonds is 8. The number of amides is 2. The highest BCUT2D eigenvalue weighted by Crippen LogP contribution is 2.07. The third-order valence-electron chi connectivity index (χ3n) is 4.34. The number of nitrogens with zero attached hydrogens (tertiary/aromatic N) is 2. The molecule has 0 spiro atoms. The van der Waals surface area contributed by atoms with E-state index >= 15 is 0 Å². The van der Waals surface area contributed by atoms with E-state index in [0.717, 1.165) is 12.1 Å². The van der Waals surface area contributed by atoms with Crippen LogP contribution in [0.5, 0.6) is 0 Å². The lowest BCUT2D eigenvalue weighted by Gasteiger charge is -2.14. The van der Waals surface area contributed by atoms with Crippen LogP contribution in [0.1, 0.15) is 34.8 Å². The number of carbonyl (C=O) groups excluding carboxylic acids is 2. The van der Waals surface area contributed by atoms with Crippen LogP contribution in [-0.2, 0) is 17.9 Å². The van der Waals surface area contributed by atoms with E-state index in [4.69, 9.17) is 0 Å². The van der Waals surface area contributed by atoms with Crippen LogP contribution in [0.4, 0.5) is 0 Å². The van der Waals surface area contributed by atoms with E-state index in [0.29, 0.717) is 12.1 Å². The summed E-state index contributed by atoms with van der Waals surface area (Å²) in [5.41, 5.74) is 2.79. The van der Waals surface area contributed by atoms with Crippen LogP contribution in [0, 0.1) is 0 Å². The van der Waals surface area contributed by atoms with Crippen LogP contribution in [0.2, 0.25) is 0 Å². The van der Waals surface area contributed by atoms with E-state index < -0.39 is 0 Å². The zero-order valence-corrected chi connectivity index (χ0v) is 15.8. The zero-order valence-electron chi connectivity index (χ0n) is 15.8. The van der Waals surface area contributed by atoms with Crippen molar-refractivity contribution in [3.63, 3.8) is 0 Å². The molecular formula is C22H24N4O2. The minimum atomic E-state index is -0.245. The second kappa shape index (κ2) is 9.50. The second-order valence-electron chi connectivity index (χ2n) is 6.77. The molecule has 2 aromatic carbocycles. The average molecular weight is 376 g/mol. The van der Waals surface area contributed by atoms with E-state index in [-0.39, 0.29) is 24.3 Å². The molecular weight excluding hydrogens is 352 g/mol. The first-order chi connectivity index (χ1) is 13.6. The molecule has 3 aromatic rings. The van der Waals surface area contributed by atoms with Gasteiger partial charge in [0.05, 0.1) is 6.33 Å². The van der Waals surface area contributed by atoms with E-state index in [1.165, 1.54) is 5.56 Å². The molecule has 1 atom stereocenters. The Bertz CT molecular complexity index is 890. The van der Waals surface area contributed by atoms with Gasteiger partial charge >= 0.3 is 0 Å². The molecule has 3 rings (SSSR count). The topological polar surface area (TPSA) is 76.0 Å². The predicted octanol–water partition coefficient (Wildman–Crippen LogP) is 2.76. The highest BCUT2D eigenvalue weighted by Gasteiger charge is 2.13. The zero-order chi connectivity index (χ0) is 19.8. The summed E-state index contributed by atoms with van der Waals surface area (Å²) in [6.45, 7) is 3.06. The smallest absolute Gasteiger partial charge is 0.251 e. The van der Waals surface area contributed by atoms with Gasteiger partial charge in [-0.05, 0) is 30.2 Å². The third kappa shape index (κ3) is 5.81. The standard InChI is InChI=1S/C22H24N4O2/c1-17(25-22(28)20-5-3-2-4-6-20)13-21(27)24-14-18-7-9-19(10-8-18)15-26-12-11-23-16-26/h2-12,16-17H,13-15H2,1H3,(H,24,27)(H,25,28). The third-order valence-corrected chi connectivity index (χ3v) is 4.34. The molecule has 1 aromatic heterocycles. The number of hydrogen-bond donors (Lipinski definition) is 2. The quantitative estimate of drug-likeness (QED) is 0.635. The van der Waals surface area contributed by atoms with Gasteiger partial charge in [0.15, 0.2) is 0 Å². The fourth-order valence-electron chi connectivity index (χ4n) is 2.85. The molecule has 0 aliphatic heterocycles. The van der Waals surface area contributed by atoms with Crippen LogP contribution in [0.25, 0.3) is 0 Å². The maximum Gasteiger partial charge on any atom is 0.251 e. The van der Waals surface area contributed by atoms with Crippen molar-refractivity contribution in [3.8, 4) is 0 Å². The highest BCUT2D eigenvalue weighted by atomic mass is 16.2. The SMILES string of the molecule is CC(CC(=O)NCc1ccc(Cn2ccnc2)cc1)NC(=O)c1ccccc1. The lowest BCUT2D eigenvalue weighted by molar-refractivity contribution is -0.121. The Balaban J connectivity index is 1.41. The number of benzene rings is 2. The summed E-state index contributed by atoms with van der Waals surface area (Å²) >= 11 is 0. The second-order valence-corrected chi connectivity index (χ2v) is 6.77. The van der Waals surface area contributed by atoms with Crippen molar-refractivity contribution in [2.75, 3.05) is 0 Å². The Morgan fingerprint density at radius 2 is 1.75 bits per heavy atom. The van der Waals surface area contributed by atoms with Crippen molar-refractivity contribution in [1.29, 1.82) is 0 Å². The largest absolute Gasteiger partial charge is 0.352 e. The monoisotopic (exact) mass is 376 g/mol. The predicted molar refractivity (Wildman–Crippen MR) is 108 cm³/mol. The van der Waals surface area contributed by atoms with Gasteiger partial charge in [-0.25, -0.2) is 4.98 Å². The summed E-state index contributed by atoms with van der Waals surface area (Å²) in [7, 11) is 0. The number of nitrogens with one attached hydrogen (secondary N) is 2. The van der Waals surface area contributed by atoms with Crippen LogP contribution in [-0.4, -0.2) is 27.4 Å². The first-order valence-corrected chi connectivity index (χ1v) is 9.26. The van der Waals surface area contributed by atoms with E-state index in [1.54, 1.807) is 24.7 Å². The van der Waals surface area contributed by atoms with Crippen LogP contribution in [0.15, 0.2) is 73.3 Å². The number of carbonyl (C=O) groups is 2. The minimum Gasteiger partial charge on any atom is -0.352 e. The molecule has 0 saturated carbocycles. The van der Waals surface area contributed by atoms with Crippen molar-refractivity contribution < 1.29 is 9.59 Å². The molecule has 0 saturated heterocycles. The van der Waals surface area contributed by atoms with Gasteiger partial charge in [0.2, 0.25) is 5.91 Å². The molecule has 1 unspecified atom stereocenters. The van der Waals surface area contributed by atoms with Gasteiger partial charge in [0.25, 0.3) is 5.91 Å². The molecule has 0 bridgehead atoms. The van der Waals surface area contributed by atoms with Crippen molar-refractivity contribution >= 4 is 11.8 Å². The van der Waals surface area contributed by atoms with Gasteiger partial charge in [-0.1, -0.05) is 42.5 Å². The van der Waals surface area contributed by atoms with Crippen molar-refractivity contribution in [3.05, 3.63) is 90.0 Å². The molecule has 28 heavy (non-hydrogen) atoms. The first-order valence-electron chi connectivity index (χ1n) is 9.26. The van der Waals surface area contributed by atoms with Crippen LogP contribution < -0.4 is 10.6 Å². The van der Waals surface area contributed by atoms with Gasteiger partial charge in [0.1, 0.15) is 0 Å². The molecule has 0 radical (unpaired) electrons. The minimum absolute atomic E-state index is 0.0941. The van der Waals surface area contributed by atoms with Gasteiger partial charge in [-0.3, -0.25) is 9.59 Å². The van der Waals surface area contributed by atoms with Gasteiger partial charge in [-0.15, -0.1) is 0 Å². The summed E-state index contributed by atoms with van der Waals surface area (Å²) < 4.78 is 2.00. The van der Waals surface area contributed by atoms with E-state index in [2.05, 4.69) is 15.6 Å².